The molecule has 1 N–H and O–H groups in total. The molecule has 0 atom stereocenters. The quantitative estimate of drug-likeness (QED) is 0.576. The van der Waals surface area contributed by atoms with Gasteiger partial charge >= 0.3 is 6.18 Å². The van der Waals surface area contributed by atoms with E-state index in [9.17, 15) is 18.0 Å². The molecular formula is C27H33F3N2O. The van der Waals surface area contributed by atoms with Crippen molar-refractivity contribution in [2.24, 2.45) is 5.92 Å². The zero-order chi connectivity index (χ0) is 23.4. The van der Waals surface area contributed by atoms with E-state index in [1.54, 1.807) is 13.1 Å². The Morgan fingerprint density at radius 1 is 0.939 bits per heavy atom. The van der Waals surface area contributed by atoms with Gasteiger partial charge < -0.3 is 5.32 Å². The second kappa shape index (κ2) is 10.3. The van der Waals surface area contributed by atoms with Gasteiger partial charge in [-0.1, -0.05) is 55.7 Å². The number of carbonyl (C=O) groups is 1. The minimum absolute atomic E-state index is 0.0370. The highest BCUT2D eigenvalue weighted by Crippen LogP contribution is 2.41. The molecule has 0 aromatic heterocycles. The highest BCUT2D eigenvalue weighted by atomic mass is 19.4. The van der Waals surface area contributed by atoms with Crippen LogP contribution < -0.4 is 5.32 Å². The van der Waals surface area contributed by atoms with Crippen LogP contribution >= 0.6 is 0 Å². The standard InChI is InChI=1S/C27H33F3N2O/c1-31-26(33)23-17-32(18-23)16-21-11-8-19(9-12-21)7-10-20-13-14-24(22-5-3-2-4-6-22)25(15-20)27(28,29)30/h8-9,11-15,22-23H,2-7,10,16-18H2,1H3,(H,31,33). The summed E-state index contributed by atoms with van der Waals surface area (Å²) in [6.45, 7) is 2.37. The van der Waals surface area contributed by atoms with Gasteiger partial charge in [0, 0.05) is 26.7 Å². The Labute approximate surface area is 194 Å². The second-order valence-corrected chi connectivity index (χ2v) is 9.58. The fourth-order valence-corrected chi connectivity index (χ4v) is 5.20. The highest BCUT2D eigenvalue weighted by Gasteiger charge is 2.36. The first-order chi connectivity index (χ1) is 15.8. The monoisotopic (exact) mass is 458 g/mol. The Balaban J connectivity index is 1.34. The summed E-state index contributed by atoms with van der Waals surface area (Å²) < 4.78 is 41.4. The number of carbonyl (C=O) groups excluding carboxylic acids is 1. The van der Waals surface area contributed by atoms with Crippen LogP contribution in [0.15, 0.2) is 42.5 Å². The Kier molecular flexibility index (Phi) is 7.42. The van der Waals surface area contributed by atoms with Crippen LogP contribution in [0.4, 0.5) is 13.2 Å². The fourth-order valence-electron chi connectivity index (χ4n) is 5.20. The van der Waals surface area contributed by atoms with Crippen LogP contribution in [0.25, 0.3) is 0 Å². The molecule has 4 rings (SSSR count). The topological polar surface area (TPSA) is 32.3 Å². The minimum atomic E-state index is -4.31. The summed E-state index contributed by atoms with van der Waals surface area (Å²) in [4.78, 5) is 13.8. The van der Waals surface area contributed by atoms with Crippen molar-refractivity contribution >= 4 is 5.91 Å². The van der Waals surface area contributed by atoms with E-state index in [0.717, 1.165) is 62.9 Å². The van der Waals surface area contributed by atoms with Gasteiger partial charge in [-0.15, -0.1) is 0 Å². The van der Waals surface area contributed by atoms with Gasteiger partial charge in [0.25, 0.3) is 0 Å². The molecule has 2 aromatic rings. The van der Waals surface area contributed by atoms with Crippen molar-refractivity contribution in [3.05, 3.63) is 70.3 Å². The van der Waals surface area contributed by atoms with Crippen LogP contribution in [0, 0.1) is 5.92 Å². The number of amides is 1. The fraction of sp³-hybridized carbons (Fsp3) is 0.519. The molecule has 1 saturated heterocycles. The lowest BCUT2D eigenvalue weighted by molar-refractivity contribution is -0.138. The predicted octanol–water partition coefficient (Wildman–Crippen LogP) is 5.72. The van der Waals surface area contributed by atoms with Crippen LogP contribution in [0.2, 0.25) is 0 Å². The Morgan fingerprint density at radius 2 is 1.55 bits per heavy atom. The van der Waals surface area contributed by atoms with E-state index < -0.39 is 11.7 Å². The second-order valence-electron chi connectivity index (χ2n) is 9.58. The molecule has 1 aliphatic heterocycles. The predicted molar refractivity (Wildman–Crippen MR) is 124 cm³/mol. The summed E-state index contributed by atoms with van der Waals surface area (Å²) in [7, 11) is 1.67. The van der Waals surface area contributed by atoms with Crippen molar-refractivity contribution in [3.8, 4) is 0 Å². The first-order valence-electron chi connectivity index (χ1n) is 12.1. The van der Waals surface area contributed by atoms with Gasteiger partial charge in [-0.2, -0.15) is 13.2 Å². The molecule has 0 bridgehead atoms. The Bertz CT molecular complexity index is 943. The number of hydrogen-bond donors (Lipinski definition) is 1. The molecule has 6 heteroatoms. The third-order valence-electron chi connectivity index (χ3n) is 7.17. The lowest BCUT2D eigenvalue weighted by Crippen LogP contribution is -2.52. The van der Waals surface area contributed by atoms with Crippen LogP contribution in [-0.2, 0) is 30.4 Å². The number of alkyl halides is 3. The van der Waals surface area contributed by atoms with E-state index in [-0.39, 0.29) is 17.7 Å². The molecule has 2 fully saturated rings. The Hall–Kier alpha value is -2.34. The van der Waals surface area contributed by atoms with Gasteiger partial charge in [-0.25, -0.2) is 0 Å². The van der Waals surface area contributed by atoms with Crippen molar-refractivity contribution in [3.63, 3.8) is 0 Å². The average Bonchev–Trinajstić information content (AvgIpc) is 2.80. The van der Waals surface area contributed by atoms with E-state index in [4.69, 9.17) is 0 Å². The maximum absolute atomic E-state index is 13.8. The Morgan fingerprint density at radius 3 is 2.18 bits per heavy atom. The number of nitrogens with zero attached hydrogens (tertiary/aromatic N) is 1. The molecule has 33 heavy (non-hydrogen) atoms. The number of nitrogens with one attached hydrogen (secondary N) is 1. The van der Waals surface area contributed by atoms with Crippen LogP contribution in [0.5, 0.6) is 0 Å². The highest BCUT2D eigenvalue weighted by molar-refractivity contribution is 5.79. The van der Waals surface area contributed by atoms with E-state index in [1.807, 2.05) is 6.07 Å². The SMILES string of the molecule is CNC(=O)C1CN(Cc2ccc(CCc3ccc(C4CCCCC4)c(C(F)(F)F)c3)cc2)C1. The summed E-state index contributed by atoms with van der Waals surface area (Å²) in [5, 5.41) is 2.69. The summed E-state index contributed by atoms with van der Waals surface area (Å²) in [6, 6.07) is 13.3. The van der Waals surface area contributed by atoms with Gasteiger partial charge in [-0.05, 0) is 59.9 Å². The molecule has 0 radical (unpaired) electrons. The molecule has 3 nitrogen and oxygen atoms in total. The lowest BCUT2D eigenvalue weighted by Gasteiger charge is -2.38. The first-order valence-corrected chi connectivity index (χ1v) is 12.1. The molecule has 0 unspecified atom stereocenters. The zero-order valence-corrected chi connectivity index (χ0v) is 19.3. The van der Waals surface area contributed by atoms with Crippen molar-refractivity contribution in [1.82, 2.24) is 10.2 Å². The molecule has 0 spiro atoms. The third kappa shape index (κ3) is 5.97. The molecule has 1 saturated carbocycles. The van der Waals surface area contributed by atoms with Gasteiger partial charge in [0.2, 0.25) is 5.91 Å². The van der Waals surface area contributed by atoms with Crippen molar-refractivity contribution in [1.29, 1.82) is 0 Å². The lowest BCUT2D eigenvalue weighted by atomic mass is 9.81. The van der Waals surface area contributed by atoms with Gasteiger partial charge in [0.15, 0.2) is 0 Å². The van der Waals surface area contributed by atoms with Crippen LogP contribution in [0.1, 0.15) is 65.8 Å². The average molecular weight is 459 g/mol. The van der Waals surface area contributed by atoms with Crippen LogP contribution in [0.3, 0.4) is 0 Å². The summed E-state index contributed by atoms with van der Waals surface area (Å²) in [5.74, 6) is 0.220. The summed E-state index contributed by atoms with van der Waals surface area (Å²) >= 11 is 0. The van der Waals surface area contributed by atoms with E-state index >= 15 is 0 Å². The van der Waals surface area contributed by atoms with Crippen molar-refractivity contribution in [2.45, 2.75) is 63.6 Å². The molecule has 2 aromatic carbocycles. The zero-order valence-electron chi connectivity index (χ0n) is 19.3. The molecule has 1 amide bonds. The summed E-state index contributed by atoms with van der Waals surface area (Å²) in [5.41, 5.74) is 3.10. The molecular weight excluding hydrogens is 425 g/mol. The number of aryl methyl sites for hydroxylation is 2. The maximum atomic E-state index is 13.8. The van der Waals surface area contributed by atoms with Gasteiger partial charge in [0.1, 0.15) is 0 Å². The number of rotatable bonds is 7. The van der Waals surface area contributed by atoms with E-state index in [0.29, 0.717) is 18.4 Å². The molecule has 1 heterocycles. The summed E-state index contributed by atoms with van der Waals surface area (Å²) in [6.07, 6.45) is 1.88. The normalized spacial score (nSPS) is 18.2. The number of halogens is 3. The van der Waals surface area contributed by atoms with Crippen molar-refractivity contribution < 1.29 is 18.0 Å². The number of benzene rings is 2. The van der Waals surface area contributed by atoms with E-state index in [2.05, 4.69) is 34.5 Å². The van der Waals surface area contributed by atoms with Crippen molar-refractivity contribution in [2.75, 3.05) is 20.1 Å². The largest absolute Gasteiger partial charge is 0.416 e. The molecule has 1 aliphatic carbocycles. The van der Waals surface area contributed by atoms with Gasteiger partial charge in [-0.3, -0.25) is 9.69 Å². The van der Waals surface area contributed by atoms with Crippen LogP contribution in [-0.4, -0.2) is 30.9 Å². The van der Waals surface area contributed by atoms with Gasteiger partial charge in [0.05, 0.1) is 11.5 Å². The number of hydrogen-bond acceptors (Lipinski definition) is 2. The first kappa shape index (κ1) is 23.8. The smallest absolute Gasteiger partial charge is 0.359 e. The maximum Gasteiger partial charge on any atom is 0.416 e. The van der Waals surface area contributed by atoms with E-state index in [1.165, 1.54) is 11.6 Å². The molecule has 2 aliphatic rings. The minimum Gasteiger partial charge on any atom is -0.359 e. The third-order valence-corrected chi connectivity index (χ3v) is 7.17. The molecule has 178 valence electrons. The number of likely N-dealkylation sites (tertiary alicyclic amines) is 1.